The highest BCUT2D eigenvalue weighted by Gasteiger charge is 2.47. The molecule has 0 bridgehead atoms. The van der Waals surface area contributed by atoms with E-state index in [-0.39, 0.29) is 22.3 Å². The number of ether oxygens (including phenoxy) is 3. The molecule has 1 aliphatic rings. The zero-order chi connectivity index (χ0) is 34.5. The van der Waals surface area contributed by atoms with E-state index in [1.165, 1.54) is 35.9 Å². The van der Waals surface area contributed by atoms with Gasteiger partial charge in [-0.2, -0.15) is 0 Å². The van der Waals surface area contributed by atoms with Crippen LogP contribution >= 0.6 is 23.1 Å². The molecule has 1 unspecified atom stereocenters. The standard InChI is InChI=1S/C36H34FN3O7S2/c1-4-6-7-17-46-25-16-13-22(18-27(25)45-5-2)30-29(31(41)28-19-23-9-8-10-26(44-3)33(23)47-28)32(42)34(43)40(30)35-38-39-36(49-35)48-20-21-11-14-24(37)15-12-21/h8-16,18-19,30,42H,4-7,17,20H2,1-3H3. The van der Waals surface area contributed by atoms with Crippen molar-refractivity contribution in [3.05, 3.63) is 101 Å². The molecular formula is C36H34FN3O7S2. The Labute approximate surface area is 290 Å². The monoisotopic (exact) mass is 703 g/mol. The summed E-state index contributed by atoms with van der Waals surface area (Å²) in [5.41, 5.74) is 1.54. The summed E-state index contributed by atoms with van der Waals surface area (Å²) in [6, 6.07) is 17.0. The molecule has 0 radical (unpaired) electrons. The lowest BCUT2D eigenvalue weighted by molar-refractivity contribution is -0.117. The maximum atomic E-state index is 14.3. The van der Waals surface area contributed by atoms with Gasteiger partial charge in [0.2, 0.25) is 10.9 Å². The minimum absolute atomic E-state index is 0.0746. The van der Waals surface area contributed by atoms with Crippen LogP contribution in [-0.4, -0.2) is 47.3 Å². The predicted molar refractivity (Wildman–Crippen MR) is 185 cm³/mol. The van der Waals surface area contributed by atoms with Gasteiger partial charge in [-0.1, -0.05) is 73.2 Å². The quantitative estimate of drug-likeness (QED) is 0.0491. The number of thioether (sulfide) groups is 1. The van der Waals surface area contributed by atoms with E-state index >= 15 is 0 Å². The molecule has 10 nitrogen and oxygen atoms in total. The Hall–Kier alpha value is -4.88. The Balaban J connectivity index is 1.39. The van der Waals surface area contributed by atoms with Crippen LogP contribution < -0.4 is 19.1 Å². The lowest BCUT2D eigenvalue weighted by Crippen LogP contribution is -2.31. The van der Waals surface area contributed by atoms with Crippen molar-refractivity contribution < 1.29 is 37.7 Å². The summed E-state index contributed by atoms with van der Waals surface area (Å²) < 4.78 is 37.3. The molecule has 1 aliphatic heterocycles. The van der Waals surface area contributed by atoms with Gasteiger partial charge in [0.05, 0.1) is 31.9 Å². The van der Waals surface area contributed by atoms with E-state index in [4.69, 9.17) is 18.6 Å². The number of para-hydroxylation sites is 1. The number of hydrogen-bond acceptors (Lipinski definition) is 11. The second-order valence-corrected chi connectivity index (χ2v) is 13.3. The number of hydrogen-bond donors (Lipinski definition) is 1. The molecule has 13 heteroatoms. The maximum Gasteiger partial charge on any atom is 0.296 e. The van der Waals surface area contributed by atoms with Crippen LogP contribution in [0.15, 0.2) is 86.8 Å². The zero-order valence-electron chi connectivity index (χ0n) is 27.1. The lowest BCUT2D eigenvalue weighted by atomic mass is 9.95. The number of methoxy groups -OCH3 is 1. The maximum absolute atomic E-state index is 14.3. The largest absolute Gasteiger partial charge is 0.503 e. The van der Waals surface area contributed by atoms with Gasteiger partial charge in [-0.3, -0.25) is 14.5 Å². The van der Waals surface area contributed by atoms with E-state index in [9.17, 15) is 19.1 Å². The van der Waals surface area contributed by atoms with Crippen molar-refractivity contribution in [1.82, 2.24) is 10.2 Å². The smallest absolute Gasteiger partial charge is 0.296 e. The third kappa shape index (κ3) is 7.13. The number of carbonyl (C=O) groups excluding carboxylic acids is 2. The summed E-state index contributed by atoms with van der Waals surface area (Å²) >= 11 is 2.50. The van der Waals surface area contributed by atoms with Crippen LogP contribution in [0, 0.1) is 5.82 Å². The molecule has 0 fully saturated rings. The zero-order valence-corrected chi connectivity index (χ0v) is 28.7. The molecule has 1 atom stereocenters. The molecule has 2 aromatic heterocycles. The second-order valence-electron chi connectivity index (χ2n) is 11.1. The Bertz CT molecular complexity index is 2010. The molecule has 6 rings (SSSR count). The van der Waals surface area contributed by atoms with Gasteiger partial charge in [0.15, 0.2) is 38.7 Å². The van der Waals surface area contributed by atoms with E-state index < -0.39 is 23.5 Å². The first-order chi connectivity index (χ1) is 23.8. The number of rotatable bonds is 15. The summed E-state index contributed by atoms with van der Waals surface area (Å²) in [4.78, 5) is 29.4. The third-order valence-corrected chi connectivity index (χ3v) is 10.00. The Morgan fingerprint density at radius 3 is 2.59 bits per heavy atom. The van der Waals surface area contributed by atoms with Crippen LogP contribution in [0.1, 0.15) is 60.8 Å². The molecule has 254 valence electrons. The second kappa shape index (κ2) is 15.1. The van der Waals surface area contributed by atoms with Crippen molar-refractivity contribution in [2.24, 2.45) is 0 Å². The van der Waals surface area contributed by atoms with Gasteiger partial charge in [-0.15, -0.1) is 10.2 Å². The fourth-order valence-electron chi connectivity index (χ4n) is 5.49. The van der Waals surface area contributed by atoms with Gasteiger partial charge in [0.25, 0.3) is 5.91 Å². The number of nitrogens with zero attached hydrogens (tertiary/aromatic N) is 3. The number of halogens is 1. The minimum atomic E-state index is -1.11. The minimum Gasteiger partial charge on any atom is -0.503 e. The normalized spacial score (nSPS) is 14.6. The predicted octanol–water partition coefficient (Wildman–Crippen LogP) is 8.47. The number of furan rings is 1. The molecule has 3 aromatic carbocycles. The number of Topliss-reactive ketones (excluding diaryl/α,β-unsaturated/α-hetero) is 1. The molecule has 0 saturated carbocycles. The van der Waals surface area contributed by atoms with Crippen molar-refractivity contribution in [1.29, 1.82) is 0 Å². The fourth-order valence-corrected chi connectivity index (χ4v) is 7.32. The van der Waals surface area contributed by atoms with Crippen LogP contribution in [0.4, 0.5) is 9.52 Å². The summed E-state index contributed by atoms with van der Waals surface area (Å²) in [5, 5.41) is 20.7. The molecule has 0 aliphatic carbocycles. The number of fused-ring (bicyclic) bond motifs is 1. The van der Waals surface area contributed by atoms with Crippen molar-refractivity contribution >= 4 is 50.9 Å². The number of carbonyl (C=O) groups is 2. The number of ketones is 1. The number of anilines is 1. The average Bonchev–Trinajstić information content (AvgIpc) is 3.83. The highest BCUT2D eigenvalue weighted by atomic mass is 32.2. The van der Waals surface area contributed by atoms with Gasteiger partial charge in [-0.05, 0) is 60.9 Å². The number of unbranched alkanes of at least 4 members (excludes halogenated alkanes) is 2. The van der Waals surface area contributed by atoms with Gasteiger partial charge in [0.1, 0.15) is 5.82 Å². The van der Waals surface area contributed by atoms with Gasteiger partial charge in [-0.25, -0.2) is 4.39 Å². The molecule has 1 N–H and O–H groups in total. The summed E-state index contributed by atoms with van der Waals surface area (Å²) in [6.45, 7) is 4.82. The van der Waals surface area contributed by atoms with Gasteiger partial charge < -0.3 is 23.7 Å². The SMILES string of the molecule is CCCCCOc1ccc(C2C(C(=O)c3cc4cccc(OC)c4o3)=C(O)C(=O)N2c2nnc(SCc3ccc(F)cc3)s2)cc1OCC. The van der Waals surface area contributed by atoms with Crippen LogP contribution in [0.5, 0.6) is 17.2 Å². The van der Waals surface area contributed by atoms with Crippen molar-refractivity contribution in [2.45, 2.75) is 49.2 Å². The molecule has 5 aromatic rings. The van der Waals surface area contributed by atoms with Crippen LogP contribution in [0.3, 0.4) is 0 Å². The number of amides is 1. The highest BCUT2D eigenvalue weighted by molar-refractivity contribution is 8.00. The summed E-state index contributed by atoms with van der Waals surface area (Å²) in [7, 11) is 1.50. The number of benzene rings is 3. The van der Waals surface area contributed by atoms with Crippen LogP contribution in [0.25, 0.3) is 11.0 Å². The first-order valence-electron chi connectivity index (χ1n) is 15.8. The summed E-state index contributed by atoms with van der Waals surface area (Å²) in [5.74, 6) is -0.727. The Kier molecular flexibility index (Phi) is 10.5. The Morgan fingerprint density at radius 2 is 1.84 bits per heavy atom. The van der Waals surface area contributed by atoms with Crippen LogP contribution in [0.2, 0.25) is 0 Å². The molecule has 1 amide bonds. The molecule has 0 spiro atoms. The van der Waals surface area contributed by atoms with Crippen molar-refractivity contribution in [2.75, 3.05) is 25.2 Å². The van der Waals surface area contributed by atoms with E-state index in [1.54, 1.807) is 54.6 Å². The summed E-state index contributed by atoms with van der Waals surface area (Å²) in [6.07, 6.45) is 2.95. The first-order valence-corrected chi connectivity index (χ1v) is 17.6. The Morgan fingerprint density at radius 1 is 1.02 bits per heavy atom. The lowest BCUT2D eigenvalue weighted by Gasteiger charge is -2.25. The number of aliphatic hydroxyl groups is 1. The van der Waals surface area contributed by atoms with E-state index in [2.05, 4.69) is 17.1 Å². The van der Waals surface area contributed by atoms with Crippen molar-refractivity contribution in [3.8, 4) is 17.2 Å². The van der Waals surface area contributed by atoms with E-state index in [1.807, 2.05) is 6.92 Å². The first kappa shape index (κ1) is 34.0. The van der Waals surface area contributed by atoms with Gasteiger partial charge >= 0.3 is 0 Å². The topological polar surface area (TPSA) is 124 Å². The molecule has 3 heterocycles. The molecule has 0 saturated heterocycles. The van der Waals surface area contributed by atoms with Crippen molar-refractivity contribution in [3.63, 3.8) is 0 Å². The van der Waals surface area contributed by atoms with Gasteiger partial charge in [0, 0.05) is 11.1 Å². The fraction of sp³-hybridized carbons (Fsp3) is 0.278. The van der Waals surface area contributed by atoms with E-state index in [0.29, 0.717) is 57.1 Å². The number of aromatic nitrogens is 2. The average molecular weight is 704 g/mol. The van der Waals surface area contributed by atoms with Crippen LogP contribution in [-0.2, 0) is 10.5 Å². The third-order valence-electron chi connectivity index (χ3n) is 7.87. The molecule has 49 heavy (non-hydrogen) atoms. The number of aliphatic hydroxyl groups excluding tert-OH is 1. The highest BCUT2D eigenvalue weighted by Crippen LogP contribution is 2.46. The molecular weight excluding hydrogens is 670 g/mol. The van der Waals surface area contributed by atoms with E-state index in [0.717, 1.165) is 36.2 Å².